The number of aliphatic carboxylic acids is 1. The van der Waals surface area contributed by atoms with Gasteiger partial charge in [0.15, 0.2) is 0 Å². The second-order valence-electron chi connectivity index (χ2n) is 4.87. The van der Waals surface area contributed by atoms with Crippen LogP contribution in [-0.4, -0.2) is 27.2 Å². The fourth-order valence-corrected chi connectivity index (χ4v) is 2.35. The average Bonchev–Trinajstić information content (AvgIpc) is 3.07. The van der Waals surface area contributed by atoms with Crippen LogP contribution in [0.5, 0.6) is 0 Å². The fraction of sp³-hybridized carbons (Fsp3) is 0.583. The lowest BCUT2D eigenvalue weighted by atomic mass is 9.81. The number of aromatic nitrogens is 2. The van der Waals surface area contributed by atoms with E-state index in [9.17, 15) is 18.0 Å². The molecule has 8 heteroatoms. The van der Waals surface area contributed by atoms with Gasteiger partial charge in [-0.3, -0.25) is 4.79 Å². The molecule has 1 saturated carbocycles. The van der Waals surface area contributed by atoms with Crippen molar-refractivity contribution in [2.24, 2.45) is 5.41 Å². The molecule has 1 N–H and O–H groups in total. The lowest BCUT2D eigenvalue weighted by Gasteiger charge is -2.28. The number of hydrogen-bond donors (Lipinski definition) is 1. The Morgan fingerprint density at radius 1 is 1.40 bits per heavy atom. The molecule has 0 aliphatic heterocycles. The first kappa shape index (κ1) is 16.7. The van der Waals surface area contributed by atoms with Crippen LogP contribution in [0.4, 0.5) is 13.2 Å². The van der Waals surface area contributed by atoms with Crippen molar-refractivity contribution in [3.05, 3.63) is 23.8 Å². The third-order valence-electron chi connectivity index (χ3n) is 3.60. The van der Waals surface area contributed by atoms with E-state index in [2.05, 4.69) is 9.97 Å². The van der Waals surface area contributed by atoms with Gasteiger partial charge in [0.05, 0.1) is 11.8 Å². The first-order valence-corrected chi connectivity index (χ1v) is 5.83. The smallest absolute Gasteiger partial charge is 0.395 e. The number of carboxylic acids is 1. The molecule has 0 saturated heterocycles. The highest BCUT2D eigenvalue weighted by molar-refractivity contribution is 7.59. The zero-order valence-corrected chi connectivity index (χ0v) is 11.7. The first-order chi connectivity index (χ1) is 8.76. The SMILES string of the molecule is Cc1ncc([C@H](CC(=O)O)C2(C(F)(F)F)CC2)cn1.S. The molecule has 1 aliphatic rings. The number of carbonyl (C=O) groups is 1. The van der Waals surface area contributed by atoms with E-state index in [1.54, 1.807) is 6.92 Å². The van der Waals surface area contributed by atoms with Gasteiger partial charge in [-0.05, 0) is 25.3 Å². The van der Waals surface area contributed by atoms with Crippen LogP contribution in [0.1, 0.15) is 36.6 Å². The maximum atomic E-state index is 13.1. The molecule has 0 bridgehead atoms. The molecular weight excluding hydrogens is 293 g/mol. The number of carboxylic acid groups (broad SMARTS) is 1. The predicted molar refractivity (Wildman–Crippen MR) is 69.9 cm³/mol. The van der Waals surface area contributed by atoms with E-state index in [0.717, 1.165) is 0 Å². The predicted octanol–water partition coefficient (Wildman–Crippen LogP) is 2.80. The quantitative estimate of drug-likeness (QED) is 0.929. The Balaban J connectivity index is 0.00000200. The standard InChI is InChI=1S/C12H13F3N2O2.H2S/c1-7-16-5-8(6-17-7)9(4-10(18)19)11(2-3-11)12(13,14)15;/h5-6,9H,2-4H2,1H3,(H,18,19);1H2/t9-;/m0./s1. The average molecular weight is 308 g/mol. The largest absolute Gasteiger partial charge is 0.481 e. The number of nitrogens with zero attached hydrogens (tertiary/aromatic N) is 2. The minimum atomic E-state index is -4.40. The van der Waals surface area contributed by atoms with Crippen molar-refractivity contribution < 1.29 is 23.1 Å². The van der Waals surface area contributed by atoms with Gasteiger partial charge in [0.25, 0.3) is 0 Å². The minimum Gasteiger partial charge on any atom is -0.481 e. The van der Waals surface area contributed by atoms with Gasteiger partial charge in [-0.1, -0.05) is 0 Å². The lowest BCUT2D eigenvalue weighted by Crippen LogP contribution is -2.32. The summed E-state index contributed by atoms with van der Waals surface area (Å²) in [4.78, 5) is 18.6. The number of rotatable bonds is 4. The van der Waals surface area contributed by atoms with Crippen molar-refractivity contribution in [1.29, 1.82) is 0 Å². The minimum absolute atomic E-state index is 0. The van der Waals surface area contributed by atoms with Crippen molar-refractivity contribution in [3.63, 3.8) is 0 Å². The topological polar surface area (TPSA) is 63.1 Å². The summed E-state index contributed by atoms with van der Waals surface area (Å²) in [5.74, 6) is -1.93. The van der Waals surface area contributed by atoms with E-state index >= 15 is 0 Å². The fourth-order valence-electron chi connectivity index (χ4n) is 2.35. The molecule has 1 aromatic heterocycles. The molecule has 0 aromatic carbocycles. The molecule has 2 rings (SSSR count). The van der Waals surface area contributed by atoms with Gasteiger partial charge in [0.1, 0.15) is 5.82 Å². The van der Waals surface area contributed by atoms with Crippen LogP contribution in [-0.2, 0) is 4.79 Å². The molecule has 0 unspecified atom stereocenters. The Morgan fingerprint density at radius 3 is 2.25 bits per heavy atom. The summed E-state index contributed by atoms with van der Waals surface area (Å²) >= 11 is 0. The van der Waals surface area contributed by atoms with Crippen molar-refractivity contribution in [1.82, 2.24) is 9.97 Å². The van der Waals surface area contributed by atoms with Gasteiger partial charge in [0, 0.05) is 18.3 Å². The first-order valence-electron chi connectivity index (χ1n) is 5.83. The lowest BCUT2D eigenvalue weighted by molar-refractivity contribution is -0.195. The van der Waals surface area contributed by atoms with Crippen molar-refractivity contribution in [3.8, 4) is 0 Å². The molecule has 4 nitrogen and oxygen atoms in total. The monoisotopic (exact) mass is 308 g/mol. The summed E-state index contributed by atoms with van der Waals surface area (Å²) < 4.78 is 39.4. The van der Waals surface area contributed by atoms with E-state index in [-0.39, 0.29) is 31.9 Å². The van der Waals surface area contributed by atoms with Gasteiger partial charge in [-0.15, -0.1) is 0 Å². The highest BCUT2D eigenvalue weighted by Gasteiger charge is 2.67. The highest BCUT2D eigenvalue weighted by Crippen LogP contribution is 2.66. The third-order valence-corrected chi connectivity index (χ3v) is 3.60. The number of halogens is 3. The van der Waals surface area contributed by atoms with Crippen molar-refractivity contribution >= 4 is 19.5 Å². The number of alkyl halides is 3. The van der Waals surface area contributed by atoms with Crippen molar-refractivity contribution in [2.75, 3.05) is 0 Å². The molecule has 1 aliphatic carbocycles. The van der Waals surface area contributed by atoms with Crippen LogP contribution in [0.3, 0.4) is 0 Å². The van der Waals surface area contributed by atoms with Gasteiger partial charge in [0.2, 0.25) is 0 Å². The van der Waals surface area contributed by atoms with Crippen LogP contribution in [0.25, 0.3) is 0 Å². The zero-order chi connectivity index (χ0) is 14.3. The van der Waals surface area contributed by atoms with Gasteiger partial charge in [-0.2, -0.15) is 26.7 Å². The molecule has 20 heavy (non-hydrogen) atoms. The second kappa shape index (κ2) is 5.59. The van der Waals surface area contributed by atoms with Crippen LogP contribution in [0, 0.1) is 12.3 Å². The summed E-state index contributed by atoms with van der Waals surface area (Å²) in [7, 11) is 0. The molecule has 0 spiro atoms. The zero-order valence-electron chi connectivity index (χ0n) is 10.7. The Morgan fingerprint density at radius 2 is 1.90 bits per heavy atom. The van der Waals surface area contributed by atoms with Crippen LogP contribution >= 0.6 is 13.5 Å². The maximum Gasteiger partial charge on any atom is 0.395 e. The van der Waals surface area contributed by atoms with Crippen LogP contribution in [0.2, 0.25) is 0 Å². The van der Waals surface area contributed by atoms with E-state index < -0.39 is 29.9 Å². The van der Waals surface area contributed by atoms with E-state index in [1.165, 1.54) is 12.4 Å². The van der Waals surface area contributed by atoms with Crippen LogP contribution < -0.4 is 0 Å². The summed E-state index contributed by atoms with van der Waals surface area (Å²) in [5, 5.41) is 8.85. The second-order valence-corrected chi connectivity index (χ2v) is 4.87. The molecule has 0 radical (unpaired) electrons. The number of hydrogen-bond acceptors (Lipinski definition) is 3. The van der Waals surface area contributed by atoms with Crippen molar-refractivity contribution in [2.45, 2.75) is 38.3 Å². The molecular formula is C12H15F3N2O2S. The van der Waals surface area contributed by atoms with E-state index in [0.29, 0.717) is 5.82 Å². The molecule has 0 amide bonds. The van der Waals surface area contributed by atoms with E-state index in [1.807, 2.05) is 0 Å². The Labute approximate surface area is 120 Å². The maximum absolute atomic E-state index is 13.1. The summed E-state index contributed by atoms with van der Waals surface area (Å²) in [6.45, 7) is 1.62. The van der Waals surface area contributed by atoms with Gasteiger partial charge in [-0.25, -0.2) is 9.97 Å². The normalized spacial score (nSPS) is 18.0. The summed E-state index contributed by atoms with van der Waals surface area (Å²) in [5.41, 5.74) is -1.69. The molecule has 112 valence electrons. The van der Waals surface area contributed by atoms with E-state index in [4.69, 9.17) is 5.11 Å². The van der Waals surface area contributed by atoms with Gasteiger partial charge >= 0.3 is 12.1 Å². The molecule has 1 heterocycles. The molecule has 1 aromatic rings. The molecule has 1 atom stereocenters. The highest BCUT2D eigenvalue weighted by atomic mass is 32.1. The number of aryl methyl sites for hydroxylation is 1. The summed E-state index contributed by atoms with van der Waals surface area (Å²) in [6.07, 6.45) is -2.46. The van der Waals surface area contributed by atoms with Crippen LogP contribution in [0.15, 0.2) is 12.4 Å². The third kappa shape index (κ3) is 3.05. The summed E-state index contributed by atoms with van der Waals surface area (Å²) in [6, 6.07) is 0. The Bertz CT molecular complexity index is 486. The Hall–Kier alpha value is -1.31. The molecule has 1 fully saturated rings. The van der Waals surface area contributed by atoms with Gasteiger partial charge < -0.3 is 5.11 Å². The Kier molecular flexibility index (Phi) is 4.68.